The van der Waals surface area contributed by atoms with Gasteiger partial charge in [0.1, 0.15) is 23.3 Å². The van der Waals surface area contributed by atoms with Crippen LogP contribution in [0.15, 0.2) is 64.8 Å². The zero-order chi connectivity index (χ0) is 26.9. The summed E-state index contributed by atoms with van der Waals surface area (Å²) >= 11 is 0. The number of ketones is 1. The van der Waals surface area contributed by atoms with Gasteiger partial charge >= 0.3 is 0 Å². The predicted octanol–water partition coefficient (Wildman–Crippen LogP) is 5.62. The fourth-order valence-electron chi connectivity index (χ4n) is 4.49. The zero-order valence-corrected chi connectivity index (χ0v) is 21.8. The largest absolute Gasteiger partial charge is 0.507 e. The summed E-state index contributed by atoms with van der Waals surface area (Å²) < 4.78 is 22.1. The number of carbonyl (C=O) groups is 2. The van der Waals surface area contributed by atoms with Crippen molar-refractivity contribution in [2.24, 2.45) is 0 Å². The van der Waals surface area contributed by atoms with Crippen molar-refractivity contribution in [3.05, 3.63) is 77.3 Å². The van der Waals surface area contributed by atoms with Crippen LogP contribution in [-0.4, -0.2) is 37.6 Å². The molecule has 0 spiro atoms. The molecule has 1 aliphatic heterocycles. The second kappa shape index (κ2) is 10.0. The van der Waals surface area contributed by atoms with Crippen molar-refractivity contribution in [1.82, 2.24) is 0 Å². The summed E-state index contributed by atoms with van der Waals surface area (Å²) in [5.41, 5.74) is 1.28. The molecular weight excluding hydrogens is 474 g/mol. The van der Waals surface area contributed by atoms with Gasteiger partial charge in [-0.1, -0.05) is 20.8 Å². The highest BCUT2D eigenvalue weighted by molar-refractivity contribution is 6.51. The number of aliphatic hydroxyl groups excluding tert-OH is 1. The first-order valence-electron chi connectivity index (χ1n) is 12.0. The molecular formula is C29H31NO7. The van der Waals surface area contributed by atoms with Gasteiger partial charge in [-0.05, 0) is 54.8 Å². The summed E-state index contributed by atoms with van der Waals surface area (Å²) in [6, 6.07) is 12.5. The van der Waals surface area contributed by atoms with Crippen molar-refractivity contribution in [1.29, 1.82) is 0 Å². The Morgan fingerprint density at radius 3 is 2.30 bits per heavy atom. The lowest BCUT2D eigenvalue weighted by molar-refractivity contribution is -0.132. The summed E-state index contributed by atoms with van der Waals surface area (Å²) in [5.74, 6) is -0.0198. The number of rotatable bonds is 7. The highest BCUT2D eigenvalue weighted by Crippen LogP contribution is 2.45. The Balaban J connectivity index is 1.91. The highest BCUT2D eigenvalue weighted by atomic mass is 16.5. The lowest BCUT2D eigenvalue weighted by Gasteiger charge is -2.25. The number of amides is 1. The molecule has 1 atom stereocenters. The highest BCUT2D eigenvalue weighted by Gasteiger charge is 2.48. The second-order valence-electron chi connectivity index (χ2n) is 9.62. The maximum Gasteiger partial charge on any atom is 0.300 e. The first-order valence-corrected chi connectivity index (χ1v) is 12.0. The smallest absolute Gasteiger partial charge is 0.300 e. The fourth-order valence-corrected chi connectivity index (χ4v) is 4.49. The summed E-state index contributed by atoms with van der Waals surface area (Å²) in [4.78, 5) is 28.1. The van der Waals surface area contributed by atoms with E-state index in [0.29, 0.717) is 40.9 Å². The number of aliphatic hydroxyl groups is 1. The third-order valence-corrected chi connectivity index (χ3v) is 6.26. The van der Waals surface area contributed by atoms with Gasteiger partial charge in [-0.25, -0.2) is 0 Å². The molecule has 0 aliphatic carbocycles. The standard InChI is InChI=1S/C29H31NO7/c1-7-36-20-12-10-17(15-19(20)29(2,3)4)26(31)24-25(22-9-8-14-37-22)30(28(33)27(24)32)18-11-13-21(34-5)23(16-18)35-6/h8-16,25,31H,7H2,1-6H3/b26-24-. The first kappa shape index (κ1) is 25.9. The normalized spacial score (nSPS) is 17.2. The molecule has 1 amide bonds. The molecule has 3 aromatic rings. The van der Waals surface area contributed by atoms with Crippen molar-refractivity contribution in [3.8, 4) is 17.2 Å². The number of nitrogens with zero attached hydrogens (tertiary/aromatic N) is 1. The topological polar surface area (TPSA) is 98.4 Å². The van der Waals surface area contributed by atoms with Crippen LogP contribution in [0.2, 0.25) is 0 Å². The Bertz CT molecular complexity index is 1350. The van der Waals surface area contributed by atoms with E-state index in [4.69, 9.17) is 18.6 Å². The molecule has 2 heterocycles. The van der Waals surface area contributed by atoms with Crippen LogP contribution in [-0.2, 0) is 15.0 Å². The van der Waals surface area contributed by atoms with Gasteiger partial charge in [0.25, 0.3) is 11.7 Å². The van der Waals surface area contributed by atoms with Gasteiger partial charge in [-0.15, -0.1) is 0 Å². The second-order valence-corrected chi connectivity index (χ2v) is 9.62. The minimum atomic E-state index is -0.988. The Hall–Kier alpha value is -4.20. The average Bonchev–Trinajstić information content (AvgIpc) is 3.49. The number of hydrogen-bond acceptors (Lipinski definition) is 7. The Kier molecular flexibility index (Phi) is 7.03. The molecule has 2 aromatic carbocycles. The molecule has 8 nitrogen and oxygen atoms in total. The van der Waals surface area contributed by atoms with Crippen LogP contribution in [0.25, 0.3) is 5.76 Å². The van der Waals surface area contributed by atoms with Gasteiger partial charge in [-0.2, -0.15) is 0 Å². The van der Waals surface area contributed by atoms with E-state index in [1.54, 1.807) is 48.5 Å². The molecule has 0 saturated carbocycles. The number of benzene rings is 2. The molecule has 1 unspecified atom stereocenters. The van der Waals surface area contributed by atoms with Gasteiger partial charge in [-0.3, -0.25) is 14.5 Å². The van der Waals surface area contributed by atoms with E-state index in [2.05, 4.69) is 0 Å². The quantitative estimate of drug-likeness (QED) is 0.253. The number of hydrogen-bond donors (Lipinski definition) is 1. The Morgan fingerprint density at radius 1 is 1.00 bits per heavy atom. The minimum Gasteiger partial charge on any atom is -0.507 e. The van der Waals surface area contributed by atoms with Crippen LogP contribution >= 0.6 is 0 Å². The maximum absolute atomic E-state index is 13.4. The van der Waals surface area contributed by atoms with Gasteiger partial charge in [0.15, 0.2) is 11.5 Å². The number of anilines is 1. The third kappa shape index (κ3) is 4.67. The summed E-state index contributed by atoms with van der Waals surface area (Å²) in [6.07, 6.45) is 1.46. The Labute approximate surface area is 216 Å². The molecule has 1 N–H and O–H groups in total. The Morgan fingerprint density at radius 2 is 1.70 bits per heavy atom. The minimum absolute atomic E-state index is 0.0706. The van der Waals surface area contributed by atoms with E-state index < -0.39 is 17.7 Å². The van der Waals surface area contributed by atoms with Crippen molar-refractivity contribution < 1.29 is 33.3 Å². The molecule has 1 aliphatic rings. The molecule has 0 bridgehead atoms. The SMILES string of the molecule is CCOc1ccc(/C(O)=C2/C(=O)C(=O)N(c3ccc(OC)c(OC)c3)C2c2ccco2)cc1C(C)(C)C. The van der Waals surface area contributed by atoms with Gasteiger partial charge in [0, 0.05) is 22.9 Å². The van der Waals surface area contributed by atoms with Crippen LogP contribution in [0, 0.1) is 0 Å². The molecule has 194 valence electrons. The average molecular weight is 506 g/mol. The molecule has 4 rings (SSSR count). The maximum atomic E-state index is 13.4. The summed E-state index contributed by atoms with van der Waals surface area (Å²) in [5, 5.41) is 11.5. The van der Waals surface area contributed by atoms with Crippen molar-refractivity contribution in [2.45, 2.75) is 39.2 Å². The first-order chi connectivity index (χ1) is 17.6. The van der Waals surface area contributed by atoms with Crippen LogP contribution in [0.4, 0.5) is 5.69 Å². The number of Topliss-reactive ketones (excluding diaryl/α,β-unsaturated/α-hetero) is 1. The number of ether oxygens (including phenoxy) is 3. The summed E-state index contributed by atoms with van der Waals surface area (Å²) in [6.45, 7) is 8.50. The zero-order valence-electron chi connectivity index (χ0n) is 21.8. The van der Waals surface area contributed by atoms with E-state index in [-0.39, 0.29) is 16.7 Å². The monoisotopic (exact) mass is 505 g/mol. The van der Waals surface area contributed by atoms with Crippen LogP contribution in [0.1, 0.15) is 50.6 Å². The van der Waals surface area contributed by atoms with Gasteiger partial charge in [0.2, 0.25) is 0 Å². The van der Waals surface area contributed by atoms with Crippen LogP contribution in [0.3, 0.4) is 0 Å². The van der Waals surface area contributed by atoms with Crippen molar-refractivity contribution >= 4 is 23.1 Å². The molecule has 1 fully saturated rings. The van der Waals surface area contributed by atoms with E-state index in [1.165, 1.54) is 25.4 Å². The van der Waals surface area contributed by atoms with Crippen molar-refractivity contribution in [3.63, 3.8) is 0 Å². The van der Waals surface area contributed by atoms with E-state index in [9.17, 15) is 14.7 Å². The third-order valence-electron chi connectivity index (χ3n) is 6.26. The fraction of sp³-hybridized carbons (Fsp3) is 0.310. The van der Waals surface area contributed by atoms with E-state index in [0.717, 1.165) is 5.56 Å². The predicted molar refractivity (Wildman–Crippen MR) is 139 cm³/mol. The molecule has 1 saturated heterocycles. The lowest BCUT2D eigenvalue weighted by Crippen LogP contribution is -2.29. The summed E-state index contributed by atoms with van der Waals surface area (Å²) in [7, 11) is 2.99. The number of carbonyl (C=O) groups excluding carboxylic acids is 2. The van der Waals surface area contributed by atoms with E-state index in [1.807, 2.05) is 27.7 Å². The molecule has 37 heavy (non-hydrogen) atoms. The van der Waals surface area contributed by atoms with Crippen LogP contribution < -0.4 is 19.1 Å². The molecule has 0 radical (unpaired) electrons. The van der Waals surface area contributed by atoms with Crippen LogP contribution in [0.5, 0.6) is 17.2 Å². The van der Waals surface area contributed by atoms with Gasteiger partial charge in [0.05, 0.1) is 32.7 Å². The number of furan rings is 1. The van der Waals surface area contributed by atoms with Crippen molar-refractivity contribution in [2.75, 3.05) is 25.7 Å². The van der Waals surface area contributed by atoms with E-state index >= 15 is 0 Å². The molecule has 1 aromatic heterocycles. The lowest BCUT2D eigenvalue weighted by atomic mass is 9.84. The number of methoxy groups -OCH3 is 2. The van der Waals surface area contributed by atoms with Gasteiger partial charge < -0.3 is 23.7 Å². The molecule has 8 heteroatoms.